The highest BCUT2D eigenvalue weighted by molar-refractivity contribution is 7.45. The van der Waals surface area contributed by atoms with Crippen molar-refractivity contribution in [3.8, 4) is 0 Å². The molecule has 6 aliphatic rings. The smallest absolute Gasteiger partial charge is 0.399 e. The lowest BCUT2D eigenvalue weighted by Gasteiger charge is -2.30. The van der Waals surface area contributed by atoms with E-state index in [4.69, 9.17) is 25.0 Å². The summed E-state index contributed by atoms with van der Waals surface area (Å²) in [7, 11) is -4.64. The molecule has 6 saturated carbocycles. The van der Waals surface area contributed by atoms with Crippen LogP contribution in [0, 0.1) is 10.1 Å². The highest BCUT2D eigenvalue weighted by Crippen LogP contribution is 2.26. The summed E-state index contributed by atoms with van der Waals surface area (Å²) in [5, 5.41) is 21.7. The van der Waals surface area contributed by atoms with Crippen LogP contribution in [-0.2, 0) is 4.57 Å². The largest absolute Gasteiger partial charge is 0.466 e. The summed E-state index contributed by atoms with van der Waals surface area (Å²) >= 11 is 0. The zero-order valence-corrected chi connectivity index (χ0v) is 34.4. The second kappa shape index (κ2) is 27.9. The maximum atomic E-state index is 10.1. The molecule has 11 nitrogen and oxygen atoms in total. The number of nitro benzene ring substituents is 1. The number of rotatable bonds is 7. The quantitative estimate of drug-likeness (QED) is 0.0609. The van der Waals surface area contributed by atoms with E-state index in [0.717, 1.165) is 36.3 Å². The molecule has 0 aromatic heterocycles. The van der Waals surface area contributed by atoms with Crippen molar-refractivity contribution in [2.45, 2.75) is 229 Å². The van der Waals surface area contributed by atoms with Crippen molar-refractivity contribution in [3.05, 3.63) is 34.4 Å². The van der Waals surface area contributed by atoms with Gasteiger partial charge in [0.2, 0.25) is 0 Å². The van der Waals surface area contributed by atoms with Gasteiger partial charge < -0.3 is 36.4 Å². The third kappa shape index (κ3) is 23.5. The molecule has 54 heavy (non-hydrogen) atoms. The lowest BCUT2D eigenvalue weighted by atomic mass is 9.91. The van der Waals surface area contributed by atoms with E-state index in [0.29, 0.717) is 5.69 Å². The monoisotopic (exact) mass is 780 g/mol. The third-order valence-corrected chi connectivity index (χ3v) is 12.1. The van der Waals surface area contributed by atoms with Crippen molar-refractivity contribution >= 4 is 19.2 Å². The Hall–Kier alpha value is -1.59. The summed E-state index contributed by atoms with van der Waals surface area (Å²) in [5.74, 6) is 0. The van der Waals surface area contributed by atoms with Crippen molar-refractivity contribution in [1.29, 1.82) is 0 Å². The first-order valence-electron chi connectivity index (χ1n) is 22.1. The number of nitrogens with zero attached hydrogens (tertiary/aromatic N) is 1. The number of nitro groups is 1. The van der Waals surface area contributed by atoms with E-state index in [-0.39, 0.29) is 5.69 Å². The van der Waals surface area contributed by atoms with Gasteiger partial charge in [-0.25, -0.2) is 4.57 Å². The van der Waals surface area contributed by atoms with Crippen molar-refractivity contribution in [3.63, 3.8) is 0 Å². The van der Waals surface area contributed by atoms with Crippen LogP contribution in [0.25, 0.3) is 0 Å². The van der Waals surface area contributed by atoms with Gasteiger partial charge >= 0.3 is 7.82 Å². The van der Waals surface area contributed by atoms with Gasteiger partial charge in [0.15, 0.2) is 0 Å². The Labute approximate surface area is 327 Å². The molecule has 8 N–H and O–H groups in total. The molecule has 0 amide bonds. The zero-order chi connectivity index (χ0) is 38.9. The highest BCUT2D eigenvalue weighted by atomic mass is 31.2. The summed E-state index contributed by atoms with van der Waals surface area (Å²) in [6.45, 7) is 0. The average molecular weight is 780 g/mol. The molecular formula is C42H78N5O6P. The topological polar surface area (TPSA) is 183 Å². The van der Waals surface area contributed by atoms with E-state index >= 15 is 0 Å². The number of phosphoric acid groups is 1. The van der Waals surface area contributed by atoms with Gasteiger partial charge in [-0.2, -0.15) is 0 Å². The molecule has 0 aliphatic heterocycles. The Bertz CT molecular complexity index is 983. The van der Waals surface area contributed by atoms with E-state index in [1.165, 1.54) is 217 Å². The van der Waals surface area contributed by atoms with Crippen LogP contribution in [0.5, 0.6) is 0 Å². The number of benzene rings is 1. The minimum Gasteiger partial charge on any atom is -0.399 e. The van der Waals surface area contributed by atoms with E-state index in [9.17, 15) is 10.1 Å². The Morgan fingerprint density at radius 1 is 0.463 bits per heavy atom. The van der Waals surface area contributed by atoms with Gasteiger partial charge in [0.1, 0.15) is 0 Å². The van der Waals surface area contributed by atoms with Crippen LogP contribution in [0.4, 0.5) is 11.4 Å². The van der Waals surface area contributed by atoms with Crippen LogP contribution in [0.2, 0.25) is 0 Å². The molecule has 0 heterocycles. The summed E-state index contributed by atoms with van der Waals surface area (Å²) < 4.78 is 8.88. The predicted octanol–water partition coefficient (Wildman–Crippen LogP) is 9.97. The Balaban J connectivity index is 0.000000187. The first-order chi connectivity index (χ1) is 26.0. The fourth-order valence-electron chi connectivity index (χ4n) is 9.21. The average Bonchev–Trinajstić information content (AvgIpc) is 3.18. The van der Waals surface area contributed by atoms with E-state index < -0.39 is 12.7 Å². The molecule has 0 bridgehead atoms. The van der Waals surface area contributed by atoms with Crippen LogP contribution in [0.3, 0.4) is 0 Å². The summed E-state index contributed by atoms with van der Waals surface area (Å²) in [5.41, 5.74) is 5.90. The van der Waals surface area contributed by atoms with E-state index in [2.05, 4.69) is 16.0 Å². The van der Waals surface area contributed by atoms with Gasteiger partial charge in [0.05, 0.1) is 4.92 Å². The first-order valence-corrected chi connectivity index (χ1v) is 23.7. The van der Waals surface area contributed by atoms with Crippen molar-refractivity contribution < 1.29 is 24.2 Å². The molecule has 0 radical (unpaired) electrons. The number of nitrogens with two attached hydrogens (primary N) is 1. The number of hydrogen-bond acceptors (Lipinski definition) is 7. The zero-order valence-electron chi connectivity index (χ0n) is 33.5. The molecule has 312 valence electrons. The molecule has 0 atom stereocenters. The molecular weight excluding hydrogens is 701 g/mol. The molecule has 12 heteroatoms. The van der Waals surface area contributed by atoms with Gasteiger partial charge in [-0.1, -0.05) is 116 Å². The second-order valence-corrected chi connectivity index (χ2v) is 17.9. The Kier molecular flexibility index (Phi) is 24.2. The maximum Gasteiger partial charge on any atom is 0.466 e. The number of non-ortho nitro benzene ring substituents is 1. The van der Waals surface area contributed by atoms with Crippen molar-refractivity contribution in [2.75, 3.05) is 5.73 Å². The normalized spacial score (nSPS) is 22.8. The third-order valence-electron chi connectivity index (χ3n) is 12.1. The van der Waals surface area contributed by atoms with Crippen molar-refractivity contribution in [1.82, 2.24) is 16.0 Å². The SMILES string of the molecule is C1CCC(NC2CCCCC2)CC1.C1CCC(NC2CCCCC2)CC1.C1CCC(NC2CCCCC2)CC1.Nc1ccc([N+](=O)[O-])cc1.O=P(O)(O)O. The van der Waals surface area contributed by atoms with Crippen LogP contribution in [0.15, 0.2) is 24.3 Å². The number of nitrogens with one attached hydrogen (secondary N) is 3. The second-order valence-electron chi connectivity index (χ2n) is 16.9. The minimum absolute atomic E-state index is 0.0641. The standard InChI is InChI=1S/3C12H23N.C6H6N2O2.H3O4P/c3*1-3-7-11(8-4-1)13-12-9-5-2-6-10-12;7-5-1-3-6(4-2-5)8(9)10;1-5(2,3)4/h3*11-13H,1-10H2;1-4H,7H2;(H3,1,2,3,4). The van der Waals surface area contributed by atoms with E-state index in [1.807, 2.05) is 0 Å². The number of anilines is 1. The van der Waals surface area contributed by atoms with Crippen LogP contribution in [-0.4, -0.2) is 55.9 Å². The molecule has 0 saturated heterocycles. The van der Waals surface area contributed by atoms with Gasteiger partial charge in [-0.3, -0.25) is 10.1 Å². The maximum absolute atomic E-state index is 10.1. The lowest BCUT2D eigenvalue weighted by molar-refractivity contribution is -0.384. The number of nitrogen functional groups attached to an aromatic ring is 1. The first kappa shape index (κ1) is 46.8. The highest BCUT2D eigenvalue weighted by Gasteiger charge is 2.21. The summed E-state index contributed by atoms with van der Waals surface area (Å²) in [4.78, 5) is 31.2. The van der Waals surface area contributed by atoms with Gasteiger partial charge in [0.25, 0.3) is 5.69 Å². The van der Waals surface area contributed by atoms with E-state index in [1.54, 1.807) is 0 Å². The molecule has 1 aromatic carbocycles. The molecule has 1 aromatic rings. The Morgan fingerprint density at radius 2 is 0.648 bits per heavy atom. The van der Waals surface area contributed by atoms with Gasteiger partial charge in [0, 0.05) is 54.1 Å². The summed E-state index contributed by atoms with van der Waals surface area (Å²) in [6, 6.07) is 11.0. The Morgan fingerprint density at radius 3 is 0.815 bits per heavy atom. The molecule has 6 aliphatic carbocycles. The molecule has 0 unspecified atom stereocenters. The van der Waals surface area contributed by atoms with Gasteiger partial charge in [-0.15, -0.1) is 0 Å². The van der Waals surface area contributed by atoms with Crippen LogP contribution in [0.1, 0.15) is 193 Å². The molecule has 6 fully saturated rings. The van der Waals surface area contributed by atoms with Crippen LogP contribution < -0.4 is 21.7 Å². The summed E-state index contributed by atoms with van der Waals surface area (Å²) in [6.07, 6.45) is 43.7. The molecule has 0 spiro atoms. The fourth-order valence-corrected chi connectivity index (χ4v) is 9.21. The van der Waals surface area contributed by atoms with Crippen LogP contribution >= 0.6 is 7.82 Å². The van der Waals surface area contributed by atoms with Gasteiger partial charge in [-0.05, 0) is 89.2 Å². The minimum atomic E-state index is -4.64. The van der Waals surface area contributed by atoms with Crippen molar-refractivity contribution in [2.24, 2.45) is 0 Å². The number of hydrogen-bond donors (Lipinski definition) is 7. The molecule has 7 rings (SSSR count). The lowest BCUT2D eigenvalue weighted by Crippen LogP contribution is -2.40. The predicted molar refractivity (Wildman–Crippen MR) is 222 cm³/mol. The fraction of sp³-hybridized carbons (Fsp3) is 0.857.